The summed E-state index contributed by atoms with van der Waals surface area (Å²) in [5, 5.41) is 0. The molecule has 0 spiro atoms. The summed E-state index contributed by atoms with van der Waals surface area (Å²) in [6.45, 7) is 3.82. The van der Waals surface area contributed by atoms with Crippen molar-refractivity contribution in [3.63, 3.8) is 0 Å². The van der Waals surface area contributed by atoms with Gasteiger partial charge in [-0.3, -0.25) is 9.78 Å². The molecule has 2 heterocycles. The number of likely N-dealkylation sites (tertiary alicyclic amines) is 1. The standard InChI is InChI=1S/C18H20N2O/c1-14(18(21)20-12-4-5-13-20)15-7-9-16(10-8-15)17-6-2-3-11-19-17/h2-3,6-11,14H,4-5,12-13H2,1H3/t14-/m1/s1. The average molecular weight is 280 g/mol. The third-order valence-corrected chi connectivity index (χ3v) is 4.16. The Hall–Kier alpha value is -2.16. The summed E-state index contributed by atoms with van der Waals surface area (Å²) in [5.41, 5.74) is 3.12. The van der Waals surface area contributed by atoms with E-state index in [9.17, 15) is 4.79 Å². The Balaban J connectivity index is 1.76. The molecule has 3 heteroatoms. The monoisotopic (exact) mass is 280 g/mol. The SMILES string of the molecule is C[C@@H](C(=O)N1CCCC1)c1ccc(-c2ccccn2)cc1. The average Bonchev–Trinajstić information content (AvgIpc) is 3.09. The smallest absolute Gasteiger partial charge is 0.229 e. The molecule has 0 aliphatic carbocycles. The van der Waals surface area contributed by atoms with Gasteiger partial charge in [-0.05, 0) is 37.5 Å². The van der Waals surface area contributed by atoms with Crippen LogP contribution in [-0.2, 0) is 4.79 Å². The largest absolute Gasteiger partial charge is 0.342 e. The second-order valence-corrected chi connectivity index (χ2v) is 5.59. The highest BCUT2D eigenvalue weighted by molar-refractivity contribution is 5.83. The van der Waals surface area contributed by atoms with Crippen LogP contribution in [0.25, 0.3) is 11.3 Å². The first-order valence-corrected chi connectivity index (χ1v) is 7.56. The number of hydrogen-bond acceptors (Lipinski definition) is 2. The van der Waals surface area contributed by atoms with E-state index in [1.807, 2.05) is 54.3 Å². The molecule has 1 saturated heterocycles. The maximum absolute atomic E-state index is 12.4. The van der Waals surface area contributed by atoms with Crippen molar-refractivity contribution in [2.45, 2.75) is 25.7 Å². The second-order valence-electron chi connectivity index (χ2n) is 5.59. The Morgan fingerprint density at radius 2 is 1.81 bits per heavy atom. The van der Waals surface area contributed by atoms with Gasteiger partial charge in [-0.15, -0.1) is 0 Å². The first kappa shape index (κ1) is 13.8. The maximum atomic E-state index is 12.4. The van der Waals surface area contributed by atoms with Crippen molar-refractivity contribution in [3.8, 4) is 11.3 Å². The van der Waals surface area contributed by atoms with Crippen LogP contribution in [0, 0.1) is 0 Å². The first-order chi connectivity index (χ1) is 10.3. The molecule has 0 N–H and O–H groups in total. The second kappa shape index (κ2) is 6.08. The molecule has 1 aromatic heterocycles. The van der Waals surface area contributed by atoms with Crippen LogP contribution in [0.5, 0.6) is 0 Å². The number of aromatic nitrogens is 1. The van der Waals surface area contributed by atoms with Gasteiger partial charge in [-0.2, -0.15) is 0 Å². The Kier molecular flexibility index (Phi) is 4.00. The van der Waals surface area contributed by atoms with E-state index in [1.165, 1.54) is 0 Å². The van der Waals surface area contributed by atoms with E-state index < -0.39 is 0 Å². The van der Waals surface area contributed by atoms with Gasteiger partial charge >= 0.3 is 0 Å². The number of hydrogen-bond donors (Lipinski definition) is 0. The normalized spacial score (nSPS) is 16.0. The van der Waals surface area contributed by atoms with Crippen molar-refractivity contribution in [2.75, 3.05) is 13.1 Å². The number of nitrogens with zero attached hydrogens (tertiary/aromatic N) is 2. The molecule has 3 nitrogen and oxygen atoms in total. The lowest BCUT2D eigenvalue weighted by molar-refractivity contribution is -0.131. The van der Waals surface area contributed by atoms with E-state index in [1.54, 1.807) is 6.20 Å². The zero-order valence-corrected chi connectivity index (χ0v) is 12.3. The summed E-state index contributed by atoms with van der Waals surface area (Å²) in [5.74, 6) is 0.180. The van der Waals surface area contributed by atoms with E-state index in [2.05, 4.69) is 4.98 Å². The third kappa shape index (κ3) is 2.97. The van der Waals surface area contributed by atoms with Gasteiger partial charge in [-0.25, -0.2) is 0 Å². The molecule has 0 bridgehead atoms. The van der Waals surface area contributed by atoms with E-state index in [-0.39, 0.29) is 11.8 Å². The van der Waals surface area contributed by atoms with Crippen molar-refractivity contribution in [1.82, 2.24) is 9.88 Å². The summed E-state index contributed by atoms with van der Waals surface area (Å²) in [7, 11) is 0. The van der Waals surface area contributed by atoms with E-state index in [0.29, 0.717) is 0 Å². The number of rotatable bonds is 3. The highest BCUT2D eigenvalue weighted by atomic mass is 16.2. The Bertz CT molecular complexity index is 601. The van der Waals surface area contributed by atoms with Crippen LogP contribution in [0.4, 0.5) is 0 Å². The predicted molar refractivity (Wildman–Crippen MR) is 83.9 cm³/mol. The molecular weight excluding hydrogens is 260 g/mol. The molecule has 3 rings (SSSR count). The molecule has 1 amide bonds. The van der Waals surface area contributed by atoms with Crippen LogP contribution in [-0.4, -0.2) is 28.9 Å². The van der Waals surface area contributed by atoms with Crippen molar-refractivity contribution in [3.05, 3.63) is 54.2 Å². The van der Waals surface area contributed by atoms with Gasteiger partial charge in [0.15, 0.2) is 0 Å². The zero-order chi connectivity index (χ0) is 14.7. The number of amides is 1. The Morgan fingerprint density at radius 3 is 2.43 bits per heavy atom. The van der Waals surface area contributed by atoms with Gasteiger partial charge in [0, 0.05) is 24.8 Å². The molecule has 21 heavy (non-hydrogen) atoms. The molecule has 0 radical (unpaired) electrons. The number of pyridine rings is 1. The molecule has 1 aliphatic rings. The summed E-state index contributed by atoms with van der Waals surface area (Å²) in [6.07, 6.45) is 4.07. The van der Waals surface area contributed by atoms with E-state index in [4.69, 9.17) is 0 Å². The predicted octanol–water partition coefficient (Wildman–Crippen LogP) is 3.47. The molecule has 0 saturated carbocycles. The molecule has 1 fully saturated rings. The fourth-order valence-corrected chi connectivity index (χ4v) is 2.83. The van der Waals surface area contributed by atoms with E-state index >= 15 is 0 Å². The number of carbonyl (C=O) groups is 1. The maximum Gasteiger partial charge on any atom is 0.229 e. The van der Waals surface area contributed by atoms with Crippen LogP contribution >= 0.6 is 0 Å². The fraction of sp³-hybridized carbons (Fsp3) is 0.333. The van der Waals surface area contributed by atoms with Crippen LogP contribution in [0.2, 0.25) is 0 Å². The molecule has 0 unspecified atom stereocenters. The molecule has 1 aromatic carbocycles. The van der Waals surface area contributed by atoms with Crippen molar-refractivity contribution < 1.29 is 4.79 Å². The molecule has 1 aliphatic heterocycles. The van der Waals surface area contributed by atoms with E-state index in [0.717, 1.165) is 42.8 Å². The molecule has 1 atom stereocenters. The Morgan fingerprint density at radius 1 is 1.10 bits per heavy atom. The van der Waals surface area contributed by atoms with Crippen LogP contribution < -0.4 is 0 Å². The highest BCUT2D eigenvalue weighted by Gasteiger charge is 2.24. The van der Waals surface area contributed by atoms with Gasteiger partial charge in [-0.1, -0.05) is 30.3 Å². The van der Waals surface area contributed by atoms with Crippen molar-refractivity contribution >= 4 is 5.91 Å². The topological polar surface area (TPSA) is 33.2 Å². The quantitative estimate of drug-likeness (QED) is 0.862. The first-order valence-electron chi connectivity index (χ1n) is 7.56. The minimum atomic E-state index is -0.0686. The van der Waals surface area contributed by atoms with Crippen molar-refractivity contribution in [2.24, 2.45) is 0 Å². The minimum Gasteiger partial charge on any atom is -0.342 e. The molecule has 108 valence electrons. The summed E-state index contributed by atoms with van der Waals surface area (Å²) >= 11 is 0. The summed E-state index contributed by atoms with van der Waals surface area (Å²) in [4.78, 5) is 18.7. The van der Waals surface area contributed by atoms with Gasteiger partial charge in [0.1, 0.15) is 0 Å². The number of carbonyl (C=O) groups excluding carboxylic acids is 1. The van der Waals surface area contributed by atoms with Gasteiger partial charge in [0.25, 0.3) is 0 Å². The molecule has 2 aromatic rings. The summed E-state index contributed by atoms with van der Waals surface area (Å²) in [6, 6.07) is 14.1. The van der Waals surface area contributed by atoms with Crippen LogP contribution in [0.15, 0.2) is 48.7 Å². The third-order valence-electron chi connectivity index (χ3n) is 4.16. The highest BCUT2D eigenvalue weighted by Crippen LogP contribution is 2.24. The Labute approximate surface area is 125 Å². The summed E-state index contributed by atoms with van der Waals surface area (Å²) < 4.78 is 0. The molecular formula is C18H20N2O. The lowest BCUT2D eigenvalue weighted by atomic mass is 9.97. The zero-order valence-electron chi connectivity index (χ0n) is 12.3. The van der Waals surface area contributed by atoms with Crippen LogP contribution in [0.3, 0.4) is 0 Å². The fourth-order valence-electron chi connectivity index (χ4n) is 2.83. The minimum absolute atomic E-state index is 0.0686. The lowest BCUT2D eigenvalue weighted by Crippen LogP contribution is -2.31. The van der Waals surface area contributed by atoms with Crippen LogP contribution in [0.1, 0.15) is 31.2 Å². The lowest BCUT2D eigenvalue weighted by Gasteiger charge is -2.20. The van der Waals surface area contributed by atoms with Gasteiger partial charge < -0.3 is 4.90 Å². The van der Waals surface area contributed by atoms with Gasteiger partial charge in [0.2, 0.25) is 5.91 Å². The van der Waals surface area contributed by atoms with Crippen molar-refractivity contribution in [1.29, 1.82) is 0 Å². The van der Waals surface area contributed by atoms with Gasteiger partial charge in [0.05, 0.1) is 11.6 Å². The number of benzene rings is 1.